The molecular weight excluding hydrogens is 500 g/mol. The largest absolute Gasteiger partial charge is 0.508 e. The van der Waals surface area contributed by atoms with E-state index in [1.165, 1.54) is 12.8 Å². The average Bonchev–Trinajstić information content (AvgIpc) is 3.69. The zero-order chi connectivity index (χ0) is 28.0. The van der Waals surface area contributed by atoms with Gasteiger partial charge in [0.05, 0.1) is 11.6 Å². The first-order chi connectivity index (χ1) is 18.4. The second-order valence-corrected chi connectivity index (χ2v) is 11.7. The van der Waals surface area contributed by atoms with Crippen molar-refractivity contribution in [3.8, 4) is 5.75 Å². The maximum atomic E-state index is 14.0. The van der Waals surface area contributed by atoms with E-state index in [4.69, 9.17) is 0 Å². The van der Waals surface area contributed by atoms with E-state index in [-0.39, 0.29) is 29.7 Å². The van der Waals surface area contributed by atoms with Gasteiger partial charge in [0.25, 0.3) is 0 Å². The molecule has 0 heterocycles. The summed E-state index contributed by atoms with van der Waals surface area (Å²) in [4.78, 5) is 41.1. The van der Waals surface area contributed by atoms with Crippen molar-refractivity contribution in [2.24, 2.45) is 17.8 Å². The number of carbonyl (C=O) groups excluding carboxylic acids is 3. The summed E-state index contributed by atoms with van der Waals surface area (Å²) in [6.07, 6.45) is 2.79. The Morgan fingerprint density at radius 3 is 2.49 bits per heavy atom. The highest BCUT2D eigenvalue weighted by molar-refractivity contribution is 6.25. The number of phenolic OH excluding ortho intramolecular Hbond substituents is 1. The molecular formula is C30H32N2O7. The molecule has 0 spiro atoms. The molecule has 9 heteroatoms. The molecule has 39 heavy (non-hydrogen) atoms. The van der Waals surface area contributed by atoms with Crippen molar-refractivity contribution in [1.82, 2.24) is 4.90 Å². The van der Waals surface area contributed by atoms with Gasteiger partial charge in [-0.3, -0.25) is 19.3 Å². The smallest absolute Gasteiger partial charge is 0.202 e. The van der Waals surface area contributed by atoms with Gasteiger partial charge in [0.1, 0.15) is 22.8 Å². The molecule has 0 bridgehead atoms. The number of nitrogens with zero attached hydrogens (tertiary/aromatic N) is 1. The third-order valence-corrected chi connectivity index (χ3v) is 8.92. The van der Waals surface area contributed by atoms with Crippen LogP contribution in [-0.2, 0) is 20.8 Å². The Morgan fingerprint density at radius 2 is 1.85 bits per heavy atom. The lowest BCUT2D eigenvalue weighted by molar-refractivity contribution is -0.153. The molecule has 4 atom stereocenters. The van der Waals surface area contributed by atoms with Crippen LogP contribution in [0.1, 0.15) is 37.3 Å². The Hall–Kier alpha value is -3.69. The van der Waals surface area contributed by atoms with Gasteiger partial charge < -0.3 is 25.7 Å². The van der Waals surface area contributed by atoms with E-state index in [1.807, 2.05) is 24.3 Å². The summed E-state index contributed by atoms with van der Waals surface area (Å²) >= 11 is 0. The van der Waals surface area contributed by atoms with Crippen molar-refractivity contribution >= 4 is 39.6 Å². The second kappa shape index (κ2) is 8.66. The predicted molar refractivity (Wildman–Crippen MR) is 144 cm³/mol. The molecule has 4 aliphatic carbocycles. The van der Waals surface area contributed by atoms with Crippen molar-refractivity contribution in [1.29, 1.82) is 0 Å². The maximum Gasteiger partial charge on any atom is 0.202 e. The van der Waals surface area contributed by atoms with Gasteiger partial charge in [0.2, 0.25) is 5.78 Å². The zero-order valence-corrected chi connectivity index (χ0v) is 22.1. The van der Waals surface area contributed by atoms with Gasteiger partial charge in [0, 0.05) is 29.1 Å². The molecule has 6 rings (SSSR count). The monoisotopic (exact) mass is 532 g/mol. The van der Waals surface area contributed by atoms with E-state index in [0.717, 1.165) is 24.5 Å². The Balaban J connectivity index is 1.49. The van der Waals surface area contributed by atoms with E-state index < -0.39 is 57.9 Å². The van der Waals surface area contributed by atoms with Crippen LogP contribution in [0, 0.1) is 17.8 Å². The van der Waals surface area contributed by atoms with Crippen molar-refractivity contribution in [3.05, 3.63) is 52.3 Å². The predicted octanol–water partition coefficient (Wildman–Crippen LogP) is 3.04. The number of fused-ring (bicyclic) bond motifs is 4. The highest BCUT2D eigenvalue weighted by atomic mass is 16.3. The SMILES string of the molecule is CC(=O)C1=C(O)[C@@]2(O)C(=O)C3=C(O)c4c(cc5ccc(NCC6CC6)cc5c4O)C[C@H]3C[C@H]2[C@H](N(C)C)C1=O. The minimum atomic E-state index is -2.56. The lowest BCUT2D eigenvalue weighted by Crippen LogP contribution is -2.65. The van der Waals surface area contributed by atoms with E-state index in [2.05, 4.69) is 5.32 Å². The van der Waals surface area contributed by atoms with E-state index in [1.54, 1.807) is 19.0 Å². The summed E-state index contributed by atoms with van der Waals surface area (Å²) in [6, 6.07) is 6.52. The van der Waals surface area contributed by atoms with Crippen LogP contribution in [0.25, 0.3) is 16.5 Å². The number of aromatic hydroxyl groups is 1. The van der Waals surface area contributed by atoms with Crippen molar-refractivity contribution in [2.45, 2.75) is 44.2 Å². The summed E-state index contributed by atoms with van der Waals surface area (Å²) in [5.41, 5.74) is -1.67. The first kappa shape index (κ1) is 25.6. The van der Waals surface area contributed by atoms with Crippen LogP contribution in [0.5, 0.6) is 5.75 Å². The Labute approximate surface area is 225 Å². The molecule has 0 aliphatic heterocycles. The number of hydrogen-bond acceptors (Lipinski definition) is 9. The van der Waals surface area contributed by atoms with Gasteiger partial charge in [-0.1, -0.05) is 12.1 Å². The van der Waals surface area contributed by atoms with Crippen LogP contribution in [0.2, 0.25) is 0 Å². The van der Waals surface area contributed by atoms with Gasteiger partial charge in [-0.2, -0.15) is 0 Å². The number of Topliss-reactive ketones (excluding diaryl/α,β-unsaturated/α-hetero) is 3. The Morgan fingerprint density at radius 1 is 1.13 bits per heavy atom. The van der Waals surface area contributed by atoms with Crippen LogP contribution in [0.4, 0.5) is 5.69 Å². The minimum Gasteiger partial charge on any atom is -0.508 e. The fourth-order valence-corrected chi connectivity index (χ4v) is 6.81. The third-order valence-electron chi connectivity index (χ3n) is 8.92. The van der Waals surface area contributed by atoms with Crippen molar-refractivity contribution in [3.63, 3.8) is 0 Å². The highest BCUT2D eigenvalue weighted by Gasteiger charge is 2.63. The summed E-state index contributed by atoms with van der Waals surface area (Å²) in [7, 11) is 3.23. The molecule has 0 radical (unpaired) electrons. The molecule has 0 amide bonds. The lowest BCUT2D eigenvalue weighted by atomic mass is 9.57. The van der Waals surface area contributed by atoms with Gasteiger partial charge >= 0.3 is 0 Å². The van der Waals surface area contributed by atoms with Gasteiger partial charge in [-0.15, -0.1) is 0 Å². The molecule has 2 saturated carbocycles. The zero-order valence-electron chi connectivity index (χ0n) is 22.1. The fraction of sp³-hybridized carbons (Fsp3) is 0.433. The maximum absolute atomic E-state index is 14.0. The molecule has 4 aliphatic rings. The van der Waals surface area contributed by atoms with Crippen LogP contribution >= 0.6 is 0 Å². The first-order valence-electron chi connectivity index (χ1n) is 13.3. The van der Waals surface area contributed by atoms with Gasteiger partial charge in [-0.25, -0.2) is 0 Å². The van der Waals surface area contributed by atoms with Gasteiger partial charge in [-0.05, 0) is 81.6 Å². The second-order valence-electron chi connectivity index (χ2n) is 11.7. The molecule has 0 unspecified atom stereocenters. The van der Waals surface area contributed by atoms with Crippen LogP contribution in [0.15, 0.2) is 41.2 Å². The number of carbonyl (C=O) groups is 3. The van der Waals surface area contributed by atoms with Crippen molar-refractivity contribution < 1.29 is 34.8 Å². The summed E-state index contributed by atoms with van der Waals surface area (Å²) in [5.74, 6) is -4.88. The molecule has 204 valence electrons. The number of aliphatic hydroxyl groups excluding tert-OH is 2. The van der Waals surface area contributed by atoms with Crippen LogP contribution < -0.4 is 5.32 Å². The number of rotatable bonds is 5. The molecule has 2 aromatic rings. The summed E-state index contributed by atoms with van der Waals surface area (Å²) in [5, 5.41) is 50.2. The van der Waals surface area contributed by atoms with E-state index in [9.17, 15) is 34.8 Å². The lowest BCUT2D eigenvalue weighted by Gasteiger charge is -2.50. The standard InChI is InChI=1S/C30H32N2O7/c1-13(33)21-27(36)24(32(2)3)20-10-17-9-16-8-15-6-7-18(31-12-14-4-5-14)11-19(15)25(34)22(16)26(35)23(17)29(38)30(20,39)28(21)37/h6-8,11,14,17,20,24,31,34-35,37,39H,4-5,9-10,12H2,1-3H3/t17-,20-,24-,30+/m0/s1. The normalized spacial score (nSPS) is 28.5. The van der Waals surface area contributed by atoms with E-state index in [0.29, 0.717) is 16.9 Å². The minimum absolute atomic E-state index is 0.105. The molecule has 0 aromatic heterocycles. The number of nitrogens with one attached hydrogen (secondary N) is 1. The van der Waals surface area contributed by atoms with Crippen LogP contribution in [-0.4, -0.2) is 75.0 Å². The number of anilines is 1. The Kier molecular flexibility index (Phi) is 5.68. The average molecular weight is 533 g/mol. The molecule has 0 saturated heterocycles. The highest BCUT2D eigenvalue weighted by Crippen LogP contribution is 2.53. The van der Waals surface area contributed by atoms with Crippen LogP contribution in [0.3, 0.4) is 0 Å². The Bertz CT molecular complexity index is 1530. The molecule has 5 N–H and O–H groups in total. The molecule has 9 nitrogen and oxygen atoms in total. The quantitative estimate of drug-likeness (QED) is 0.367. The van der Waals surface area contributed by atoms with Crippen molar-refractivity contribution in [2.75, 3.05) is 26.0 Å². The topological polar surface area (TPSA) is 147 Å². The van der Waals surface area contributed by atoms with E-state index >= 15 is 0 Å². The number of aliphatic hydroxyl groups is 3. The number of ketones is 3. The summed E-state index contributed by atoms with van der Waals surface area (Å²) in [6.45, 7) is 1.94. The first-order valence-corrected chi connectivity index (χ1v) is 13.3. The number of likely N-dealkylation sites (N-methyl/N-ethyl adjacent to an activating group) is 1. The van der Waals surface area contributed by atoms with Gasteiger partial charge in [0.15, 0.2) is 17.2 Å². The molecule has 2 fully saturated rings. The fourth-order valence-electron chi connectivity index (χ4n) is 6.81. The number of benzene rings is 2. The number of phenols is 1. The number of hydrogen-bond donors (Lipinski definition) is 5. The molecule has 2 aromatic carbocycles. The summed E-state index contributed by atoms with van der Waals surface area (Å²) < 4.78 is 0. The third kappa shape index (κ3) is 3.63.